The predicted molar refractivity (Wildman–Crippen MR) is 99.8 cm³/mol. The number of nitrogens with zero attached hydrogens (tertiary/aromatic N) is 1. The summed E-state index contributed by atoms with van der Waals surface area (Å²) < 4.78 is 0. The summed E-state index contributed by atoms with van der Waals surface area (Å²) >= 11 is 3.48. The molecule has 0 saturated carbocycles. The summed E-state index contributed by atoms with van der Waals surface area (Å²) in [7, 11) is 0. The van der Waals surface area contributed by atoms with E-state index in [1.54, 1.807) is 0 Å². The predicted octanol–water partition coefficient (Wildman–Crippen LogP) is 4.28. The number of nitrogens with one attached hydrogen (secondary N) is 1. The summed E-state index contributed by atoms with van der Waals surface area (Å²) in [5.74, 6) is 0.0518. The number of hydrogen-bond donors (Lipinski definition) is 1. The summed E-state index contributed by atoms with van der Waals surface area (Å²) in [6.07, 6.45) is 6.19. The van der Waals surface area contributed by atoms with Crippen molar-refractivity contribution in [3.05, 3.63) is 35.9 Å². The molecule has 2 rings (SSSR count). The highest BCUT2D eigenvalue weighted by Crippen LogP contribution is 2.23. The van der Waals surface area contributed by atoms with Gasteiger partial charge in [-0.2, -0.15) is 0 Å². The van der Waals surface area contributed by atoms with Gasteiger partial charge in [0.05, 0.1) is 0 Å². The third-order valence-corrected chi connectivity index (χ3v) is 5.79. The molecule has 128 valence electrons. The van der Waals surface area contributed by atoms with E-state index in [0.717, 1.165) is 31.5 Å². The summed E-state index contributed by atoms with van der Waals surface area (Å²) in [6, 6.07) is 11.2. The topological polar surface area (TPSA) is 32.3 Å². The van der Waals surface area contributed by atoms with Crippen molar-refractivity contribution < 1.29 is 4.79 Å². The molecule has 3 atom stereocenters. The van der Waals surface area contributed by atoms with Gasteiger partial charge in [-0.15, -0.1) is 0 Å². The lowest BCUT2D eigenvalue weighted by Gasteiger charge is -2.39. The molecule has 0 aromatic heterocycles. The van der Waals surface area contributed by atoms with E-state index in [0.29, 0.717) is 12.1 Å². The first-order valence-corrected chi connectivity index (χ1v) is 9.73. The minimum absolute atomic E-state index is 0.0518. The van der Waals surface area contributed by atoms with Crippen molar-refractivity contribution in [1.29, 1.82) is 0 Å². The van der Waals surface area contributed by atoms with Crippen LogP contribution in [0.4, 0.5) is 0 Å². The van der Waals surface area contributed by atoms with E-state index in [9.17, 15) is 4.79 Å². The fourth-order valence-electron chi connectivity index (χ4n) is 3.41. The molecule has 1 N–H and O–H groups in total. The maximum Gasteiger partial charge on any atom is 0.238 e. The number of benzene rings is 1. The number of likely N-dealkylation sites (tertiary alicyclic amines) is 1. The van der Waals surface area contributed by atoms with Crippen molar-refractivity contribution in [1.82, 2.24) is 10.2 Å². The summed E-state index contributed by atoms with van der Waals surface area (Å²) in [4.78, 5) is 14.5. The number of carbonyl (C=O) groups is 1. The second-order valence-electron chi connectivity index (χ2n) is 6.64. The minimum atomic E-state index is -0.258. The van der Waals surface area contributed by atoms with Crippen molar-refractivity contribution in [3.63, 3.8) is 0 Å². The van der Waals surface area contributed by atoms with Gasteiger partial charge in [-0.1, -0.05) is 52.7 Å². The van der Waals surface area contributed by atoms with E-state index in [1.807, 2.05) is 30.3 Å². The number of halogens is 1. The Hall–Kier alpha value is -0.870. The third-order valence-electron chi connectivity index (χ3n) is 4.84. The SMILES string of the molecule is CC1CCCC(C)N1CCCCNC(=O)C(Br)c1ccccc1. The molecule has 1 aromatic rings. The lowest BCUT2D eigenvalue weighted by molar-refractivity contribution is -0.120. The number of alkyl halides is 1. The number of hydrogen-bond acceptors (Lipinski definition) is 2. The molecular weight excluding hydrogens is 352 g/mol. The highest BCUT2D eigenvalue weighted by molar-refractivity contribution is 9.09. The average molecular weight is 381 g/mol. The number of amides is 1. The Morgan fingerprint density at radius 3 is 2.52 bits per heavy atom. The average Bonchev–Trinajstić information content (AvgIpc) is 2.56. The molecule has 1 aliphatic heterocycles. The van der Waals surface area contributed by atoms with Crippen LogP contribution in [0.2, 0.25) is 0 Å². The van der Waals surface area contributed by atoms with E-state index in [1.165, 1.54) is 19.3 Å². The standard InChI is InChI=1S/C19H29BrN2O/c1-15-9-8-10-16(2)22(15)14-7-6-13-21-19(23)18(20)17-11-4-3-5-12-17/h3-5,11-12,15-16,18H,6-10,13-14H2,1-2H3,(H,21,23). The minimum Gasteiger partial charge on any atom is -0.355 e. The molecule has 1 fully saturated rings. The first-order chi connectivity index (χ1) is 11.1. The van der Waals surface area contributed by atoms with Crippen LogP contribution in [-0.4, -0.2) is 36.0 Å². The molecule has 23 heavy (non-hydrogen) atoms. The fraction of sp³-hybridized carbons (Fsp3) is 0.632. The maximum absolute atomic E-state index is 12.1. The quantitative estimate of drug-likeness (QED) is 0.565. The molecular formula is C19H29BrN2O. The summed E-state index contributed by atoms with van der Waals surface area (Å²) in [5, 5.41) is 3.04. The molecule has 4 heteroatoms. The number of carbonyl (C=O) groups excluding carboxylic acids is 1. The van der Waals surface area contributed by atoms with Gasteiger partial charge in [0.1, 0.15) is 4.83 Å². The Labute approximate surface area is 149 Å². The second-order valence-corrected chi connectivity index (χ2v) is 7.55. The zero-order valence-corrected chi connectivity index (χ0v) is 15.9. The highest BCUT2D eigenvalue weighted by Gasteiger charge is 2.23. The van der Waals surface area contributed by atoms with Crippen LogP contribution in [0.5, 0.6) is 0 Å². The van der Waals surface area contributed by atoms with E-state index in [-0.39, 0.29) is 10.7 Å². The first-order valence-electron chi connectivity index (χ1n) is 8.82. The molecule has 0 radical (unpaired) electrons. The first kappa shape index (κ1) is 18.5. The molecule has 1 aliphatic rings. The number of rotatable bonds is 7. The van der Waals surface area contributed by atoms with Crippen molar-refractivity contribution in [2.45, 2.75) is 62.9 Å². The third kappa shape index (κ3) is 5.61. The summed E-state index contributed by atoms with van der Waals surface area (Å²) in [6.45, 7) is 6.58. The van der Waals surface area contributed by atoms with Crippen LogP contribution in [0, 0.1) is 0 Å². The van der Waals surface area contributed by atoms with Crippen molar-refractivity contribution in [2.24, 2.45) is 0 Å². The number of unbranched alkanes of at least 4 members (excludes halogenated alkanes) is 1. The fourth-order valence-corrected chi connectivity index (χ4v) is 3.88. The molecule has 0 aliphatic carbocycles. The van der Waals surface area contributed by atoms with Gasteiger partial charge in [0, 0.05) is 18.6 Å². The zero-order chi connectivity index (χ0) is 16.7. The Morgan fingerprint density at radius 2 is 1.87 bits per heavy atom. The molecule has 1 heterocycles. The molecule has 1 amide bonds. The summed E-state index contributed by atoms with van der Waals surface area (Å²) in [5.41, 5.74) is 1.00. The van der Waals surface area contributed by atoms with E-state index >= 15 is 0 Å². The van der Waals surface area contributed by atoms with Crippen molar-refractivity contribution in [2.75, 3.05) is 13.1 Å². The van der Waals surface area contributed by atoms with Crippen LogP contribution in [0.3, 0.4) is 0 Å². The van der Waals surface area contributed by atoms with E-state index < -0.39 is 0 Å². The maximum atomic E-state index is 12.1. The van der Waals surface area contributed by atoms with Gasteiger partial charge in [-0.05, 0) is 51.6 Å². The molecule has 1 saturated heterocycles. The van der Waals surface area contributed by atoms with Gasteiger partial charge in [-0.3, -0.25) is 9.69 Å². The Kier molecular flexibility index (Phi) is 7.57. The van der Waals surface area contributed by atoms with Crippen LogP contribution in [0.15, 0.2) is 30.3 Å². The highest BCUT2D eigenvalue weighted by atomic mass is 79.9. The zero-order valence-electron chi connectivity index (χ0n) is 14.3. The van der Waals surface area contributed by atoms with Gasteiger partial charge in [0.15, 0.2) is 0 Å². The van der Waals surface area contributed by atoms with Crippen LogP contribution in [-0.2, 0) is 4.79 Å². The van der Waals surface area contributed by atoms with Crippen LogP contribution in [0.25, 0.3) is 0 Å². The largest absolute Gasteiger partial charge is 0.355 e. The van der Waals surface area contributed by atoms with Crippen molar-refractivity contribution in [3.8, 4) is 0 Å². The van der Waals surface area contributed by atoms with Crippen molar-refractivity contribution >= 4 is 21.8 Å². The Balaban J connectivity index is 1.64. The van der Waals surface area contributed by atoms with Crippen LogP contribution >= 0.6 is 15.9 Å². The lowest BCUT2D eigenvalue weighted by Crippen LogP contribution is -2.44. The number of piperidine rings is 1. The molecule has 3 unspecified atom stereocenters. The molecule has 1 aromatic carbocycles. The van der Waals surface area contributed by atoms with Gasteiger partial charge in [0.2, 0.25) is 5.91 Å². The Bertz CT molecular complexity index is 470. The van der Waals surface area contributed by atoms with Gasteiger partial charge < -0.3 is 5.32 Å². The second kappa shape index (κ2) is 9.43. The van der Waals surface area contributed by atoms with Crippen LogP contribution in [0.1, 0.15) is 56.3 Å². The monoisotopic (exact) mass is 380 g/mol. The van der Waals surface area contributed by atoms with Crippen LogP contribution < -0.4 is 5.32 Å². The Morgan fingerprint density at radius 1 is 1.22 bits per heavy atom. The lowest BCUT2D eigenvalue weighted by atomic mass is 9.97. The molecule has 0 spiro atoms. The smallest absolute Gasteiger partial charge is 0.238 e. The normalized spacial score (nSPS) is 23.4. The van der Waals surface area contributed by atoms with E-state index in [4.69, 9.17) is 0 Å². The van der Waals surface area contributed by atoms with Gasteiger partial charge in [0.25, 0.3) is 0 Å². The van der Waals surface area contributed by atoms with Gasteiger partial charge in [-0.25, -0.2) is 0 Å². The van der Waals surface area contributed by atoms with Gasteiger partial charge >= 0.3 is 0 Å². The van der Waals surface area contributed by atoms with E-state index in [2.05, 4.69) is 40.0 Å². The molecule has 0 bridgehead atoms. The molecule has 3 nitrogen and oxygen atoms in total.